The van der Waals surface area contributed by atoms with Gasteiger partial charge >= 0.3 is 5.97 Å². The Balaban J connectivity index is 0.00000196. The number of nitrogens with one attached hydrogen (secondary N) is 1. The van der Waals surface area contributed by atoms with Crippen molar-refractivity contribution in [3.8, 4) is 0 Å². The Morgan fingerprint density at radius 1 is 0.902 bits per heavy atom. The monoisotopic (exact) mass is 642 g/mol. The summed E-state index contributed by atoms with van der Waals surface area (Å²) in [6.07, 6.45) is 0. The number of carbonyl (C=O) groups is 1. The number of pyridine rings is 1. The van der Waals surface area contributed by atoms with E-state index < -0.39 is 21.8 Å². The summed E-state index contributed by atoms with van der Waals surface area (Å²) in [6, 6.07) is 17.0. The zero-order valence-corrected chi connectivity index (χ0v) is 25.5. The second-order valence-electron chi connectivity index (χ2n) is 9.32. The lowest BCUT2D eigenvalue weighted by Crippen LogP contribution is -2.47. The standard InChI is InChI=1S/C28H27FN4O4S.3ClH/c1-18-5-3-8-26(19(18)2)32-11-13-33(14-12-32)27-17-24(28(34)35)23-16-21(9-10-25(23)30-27)31-38(36,37)22-7-4-6-20(29)15-22;;;/h3-10,15-17,31H,11-14H2,1-2H3,(H,34,35);3*1H. The van der Waals surface area contributed by atoms with Gasteiger partial charge in [0.2, 0.25) is 0 Å². The van der Waals surface area contributed by atoms with Gasteiger partial charge in [-0.15, -0.1) is 37.2 Å². The molecule has 4 aromatic rings. The number of halogens is 4. The molecule has 0 unspecified atom stereocenters. The minimum atomic E-state index is -4.07. The van der Waals surface area contributed by atoms with Crippen molar-refractivity contribution in [3.63, 3.8) is 0 Å². The molecule has 0 amide bonds. The first-order chi connectivity index (χ1) is 18.1. The van der Waals surface area contributed by atoms with Crippen LogP contribution in [0.15, 0.2) is 71.6 Å². The summed E-state index contributed by atoms with van der Waals surface area (Å²) in [5.41, 5.74) is 4.31. The molecule has 0 radical (unpaired) electrons. The zero-order valence-electron chi connectivity index (χ0n) is 22.2. The highest BCUT2D eigenvalue weighted by Crippen LogP contribution is 2.29. The summed E-state index contributed by atoms with van der Waals surface area (Å²) < 4.78 is 41.4. The largest absolute Gasteiger partial charge is 0.478 e. The van der Waals surface area contributed by atoms with Crippen molar-refractivity contribution >= 4 is 81.3 Å². The predicted molar refractivity (Wildman–Crippen MR) is 168 cm³/mol. The Morgan fingerprint density at radius 2 is 1.56 bits per heavy atom. The third kappa shape index (κ3) is 7.13. The number of piperazine rings is 1. The molecule has 1 fully saturated rings. The molecule has 220 valence electrons. The van der Waals surface area contributed by atoms with Crippen LogP contribution < -0.4 is 14.5 Å². The first-order valence-electron chi connectivity index (χ1n) is 12.1. The molecule has 0 spiro atoms. The number of carboxylic acid groups (broad SMARTS) is 1. The van der Waals surface area contributed by atoms with Crippen LogP contribution in [0.1, 0.15) is 21.5 Å². The second kappa shape index (κ2) is 13.6. The molecule has 0 aliphatic carbocycles. The topological polar surface area (TPSA) is 103 Å². The first kappa shape index (κ1) is 33.9. The van der Waals surface area contributed by atoms with Gasteiger partial charge in [-0.1, -0.05) is 18.2 Å². The number of hydrogen-bond donors (Lipinski definition) is 2. The molecule has 1 saturated heterocycles. The third-order valence-corrected chi connectivity index (χ3v) is 8.28. The van der Waals surface area contributed by atoms with Crippen LogP contribution in [0.4, 0.5) is 21.6 Å². The van der Waals surface area contributed by atoms with E-state index in [2.05, 4.69) is 46.6 Å². The molecule has 41 heavy (non-hydrogen) atoms. The average molecular weight is 644 g/mol. The van der Waals surface area contributed by atoms with E-state index in [9.17, 15) is 22.7 Å². The van der Waals surface area contributed by atoms with E-state index in [1.165, 1.54) is 47.1 Å². The lowest BCUT2D eigenvalue weighted by Gasteiger charge is -2.37. The molecule has 1 aliphatic rings. The molecule has 2 N–H and O–H groups in total. The van der Waals surface area contributed by atoms with Gasteiger partial charge in [0.1, 0.15) is 11.6 Å². The van der Waals surface area contributed by atoms with Crippen LogP contribution in [-0.4, -0.2) is 50.7 Å². The molecule has 0 bridgehead atoms. The molecule has 1 aromatic heterocycles. The van der Waals surface area contributed by atoms with Crippen LogP contribution in [0, 0.1) is 19.7 Å². The van der Waals surface area contributed by atoms with Gasteiger partial charge < -0.3 is 14.9 Å². The molecule has 5 rings (SSSR count). The van der Waals surface area contributed by atoms with Gasteiger partial charge in [0, 0.05) is 42.9 Å². The first-order valence-corrected chi connectivity index (χ1v) is 13.6. The Labute approximate surface area is 256 Å². The maximum absolute atomic E-state index is 13.5. The quantitative estimate of drug-likeness (QED) is 0.263. The van der Waals surface area contributed by atoms with Crippen LogP contribution in [0.2, 0.25) is 0 Å². The third-order valence-electron chi connectivity index (χ3n) is 6.90. The molecule has 8 nitrogen and oxygen atoms in total. The van der Waals surface area contributed by atoms with Gasteiger partial charge in [-0.25, -0.2) is 22.6 Å². The highest BCUT2D eigenvalue weighted by Gasteiger charge is 2.23. The van der Waals surface area contributed by atoms with Crippen LogP contribution in [0.5, 0.6) is 0 Å². The molecule has 3 aromatic carbocycles. The summed E-state index contributed by atoms with van der Waals surface area (Å²) in [6.45, 7) is 7.11. The minimum Gasteiger partial charge on any atom is -0.478 e. The lowest BCUT2D eigenvalue weighted by molar-refractivity contribution is 0.0699. The molecule has 0 saturated carbocycles. The summed E-state index contributed by atoms with van der Waals surface area (Å²) >= 11 is 0. The van der Waals surface area contributed by atoms with Gasteiger partial charge in [-0.3, -0.25) is 4.72 Å². The van der Waals surface area contributed by atoms with E-state index in [1.54, 1.807) is 6.07 Å². The van der Waals surface area contributed by atoms with Gasteiger partial charge in [0.25, 0.3) is 10.0 Å². The number of carboxylic acids is 1. The van der Waals surface area contributed by atoms with Crippen LogP contribution in [0.3, 0.4) is 0 Å². The van der Waals surface area contributed by atoms with Crippen molar-refractivity contribution in [2.45, 2.75) is 18.7 Å². The van der Waals surface area contributed by atoms with Crippen molar-refractivity contribution < 1.29 is 22.7 Å². The number of rotatable bonds is 6. The number of benzene rings is 3. The zero-order chi connectivity index (χ0) is 27.0. The fraction of sp³-hybridized carbons (Fsp3) is 0.214. The fourth-order valence-electron chi connectivity index (χ4n) is 4.72. The molecular formula is C28H30Cl3FN4O4S. The predicted octanol–water partition coefficient (Wildman–Crippen LogP) is 6.08. The van der Waals surface area contributed by atoms with Gasteiger partial charge in [0.15, 0.2) is 0 Å². The van der Waals surface area contributed by atoms with Gasteiger partial charge in [0.05, 0.1) is 16.0 Å². The van der Waals surface area contributed by atoms with Crippen molar-refractivity contribution in [1.29, 1.82) is 0 Å². The van der Waals surface area contributed by atoms with Gasteiger partial charge in [-0.05, 0) is 73.5 Å². The Bertz CT molecular complexity index is 1670. The number of nitrogens with zero attached hydrogens (tertiary/aromatic N) is 3. The summed E-state index contributed by atoms with van der Waals surface area (Å²) in [5, 5.41) is 10.3. The summed E-state index contributed by atoms with van der Waals surface area (Å²) in [5.74, 6) is -1.26. The van der Waals surface area contributed by atoms with Crippen molar-refractivity contribution in [2.24, 2.45) is 0 Å². The summed E-state index contributed by atoms with van der Waals surface area (Å²) in [4.78, 5) is 21.0. The van der Waals surface area contributed by atoms with Crippen molar-refractivity contribution in [3.05, 3.63) is 89.2 Å². The van der Waals surface area contributed by atoms with Crippen LogP contribution in [-0.2, 0) is 10.0 Å². The molecular weight excluding hydrogens is 614 g/mol. The maximum Gasteiger partial charge on any atom is 0.336 e. The SMILES string of the molecule is Cc1cccc(N2CCN(c3cc(C(=O)O)c4cc(NS(=O)(=O)c5cccc(F)c5)ccc4n3)CC2)c1C.Cl.Cl.Cl. The lowest BCUT2D eigenvalue weighted by atomic mass is 10.1. The molecule has 13 heteroatoms. The van der Waals surface area contributed by atoms with E-state index in [1.807, 2.05) is 0 Å². The maximum atomic E-state index is 13.5. The van der Waals surface area contributed by atoms with Crippen molar-refractivity contribution in [1.82, 2.24) is 4.98 Å². The van der Waals surface area contributed by atoms with E-state index in [4.69, 9.17) is 4.98 Å². The number of sulfonamides is 1. The van der Waals surface area contributed by atoms with Crippen LogP contribution in [0.25, 0.3) is 10.9 Å². The highest BCUT2D eigenvalue weighted by atomic mass is 35.5. The Hall–Kier alpha value is -3.31. The normalized spacial score (nSPS) is 13.0. The number of aromatic nitrogens is 1. The number of anilines is 3. The van der Waals surface area contributed by atoms with Crippen molar-refractivity contribution in [2.75, 3.05) is 40.7 Å². The highest BCUT2D eigenvalue weighted by molar-refractivity contribution is 7.92. The smallest absolute Gasteiger partial charge is 0.336 e. The van der Waals surface area contributed by atoms with E-state index in [0.717, 1.165) is 25.2 Å². The number of aromatic carboxylic acids is 1. The fourth-order valence-corrected chi connectivity index (χ4v) is 5.80. The van der Waals surface area contributed by atoms with E-state index in [0.29, 0.717) is 29.8 Å². The van der Waals surface area contributed by atoms with E-state index >= 15 is 0 Å². The summed E-state index contributed by atoms with van der Waals surface area (Å²) in [7, 11) is -4.07. The second-order valence-corrected chi connectivity index (χ2v) is 11.0. The Kier molecular flexibility index (Phi) is 11.2. The van der Waals surface area contributed by atoms with Crippen LogP contribution >= 0.6 is 37.2 Å². The molecule has 0 atom stereocenters. The van der Waals surface area contributed by atoms with E-state index in [-0.39, 0.29) is 53.4 Å². The number of aryl methyl sites for hydroxylation is 1. The average Bonchev–Trinajstić information content (AvgIpc) is 2.89. The number of fused-ring (bicyclic) bond motifs is 1. The number of hydrogen-bond acceptors (Lipinski definition) is 6. The van der Waals surface area contributed by atoms with Gasteiger partial charge in [-0.2, -0.15) is 0 Å². The Morgan fingerprint density at radius 3 is 2.22 bits per heavy atom. The molecule has 1 aliphatic heterocycles. The molecule has 2 heterocycles. The minimum absolute atomic E-state index is 0.